The Hall–Kier alpha value is -2.02. The lowest BCUT2D eigenvalue weighted by Gasteiger charge is -2.30. The van der Waals surface area contributed by atoms with Gasteiger partial charge in [0.15, 0.2) is 0 Å². The number of aliphatic carboxylic acids is 1. The molecule has 0 fully saturated rings. The Labute approximate surface area is 186 Å². The van der Waals surface area contributed by atoms with E-state index in [9.17, 15) is 14.7 Å². The fourth-order valence-corrected chi connectivity index (χ4v) is 4.02. The highest BCUT2D eigenvalue weighted by molar-refractivity contribution is 9.10. The van der Waals surface area contributed by atoms with Gasteiger partial charge >= 0.3 is 5.97 Å². The maximum Gasteiger partial charge on any atom is 0.326 e. The van der Waals surface area contributed by atoms with Crippen LogP contribution < -0.4 is 10.1 Å². The Morgan fingerprint density at radius 3 is 2.48 bits per heavy atom. The second-order valence-electron chi connectivity index (χ2n) is 7.15. The maximum absolute atomic E-state index is 12.6. The van der Waals surface area contributed by atoms with E-state index in [2.05, 4.69) is 21.2 Å². The summed E-state index contributed by atoms with van der Waals surface area (Å²) in [6, 6.07) is 7.08. The number of benzene rings is 2. The largest absolute Gasteiger partial charge is 0.482 e. The van der Waals surface area contributed by atoms with Crippen LogP contribution in [0.2, 0.25) is 10.0 Å². The lowest BCUT2D eigenvalue weighted by atomic mass is 9.95. The topological polar surface area (TPSA) is 75.6 Å². The van der Waals surface area contributed by atoms with E-state index in [0.29, 0.717) is 5.75 Å². The molecule has 0 aromatic heterocycles. The van der Waals surface area contributed by atoms with Crippen LogP contribution in [0.15, 0.2) is 40.9 Å². The molecule has 0 saturated heterocycles. The Morgan fingerprint density at radius 2 is 1.86 bits per heavy atom. The first-order valence-electron chi connectivity index (χ1n) is 8.76. The zero-order chi connectivity index (χ0) is 21.3. The average molecular weight is 499 g/mol. The lowest BCUT2D eigenvalue weighted by molar-refractivity contribution is -0.139. The van der Waals surface area contributed by atoms with Crippen LogP contribution in [-0.4, -0.2) is 28.6 Å². The van der Waals surface area contributed by atoms with Crippen LogP contribution in [0.25, 0.3) is 6.08 Å². The monoisotopic (exact) mass is 497 g/mol. The van der Waals surface area contributed by atoms with Crippen LogP contribution in [0.3, 0.4) is 0 Å². The van der Waals surface area contributed by atoms with Gasteiger partial charge in [0, 0.05) is 12.0 Å². The molecule has 1 atom stereocenters. The van der Waals surface area contributed by atoms with Crippen molar-refractivity contribution in [3.63, 3.8) is 0 Å². The molecular formula is C21H18BrCl2NO4. The van der Waals surface area contributed by atoms with Gasteiger partial charge in [-0.15, -0.1) is 0 Å². The van der Waals surface area contributed by atoms with Crippen LogP contribution in [-0.2, 0) is 11.2 Å². The summed E-state index contributed by atoms with van der Waals surface area (Å²) in [6.45, 7) is 3.86. The minimum Gasteiger partial charge on any atom is -0.482 e. The smallest absolute Gasteiger partial charge is 0.326 e. The quantitative estimate of drug-likeness (QED) is 0.581. The number of carbonyl (C=O) groups excluding carboxylic acids is 1. The molecular weight excluding hydrogens is 481 g/mol. The predicted molar refractivity (Wildman–Crippen MR) is 117 cm³/mol. The molecule has 0 unspecified atom stereocenters. The number of fused-ring (bicyclic) bond motifs is 1. The molecule has 29 heavy (non-hydrogen) atoms. The molecule has 8 heteroatoms. The van der Waals surface area contributed by atoms with Gasteiger partial charge in [0.1, 0.15) is 17.4 Å². The van der Waals surface area contributed by atoms with Crippen molar-refractivity contribution < 1.29 is 19.4 Å². The van der Waals surface area contributed by atoms with Gasteiger partial charge in [0.2, 0.25) is 0 Å². The third-order valence-electron chi connectivity index (χ3n) is 4.47. The summed E-state index contributed by atoms with van der Waals surface area (Å²) in [6.07, 6.45) is 3.88. The number of halogens is 3. The van der Waals surface area contributed by atoms with Crippen molar-refractivity contribution >= 4 is 57.1 Å². The van der Waals surface area contributed by atoms with Crippen molar-refractivity contribution in [3.8, 4) is 5.75 Å². The molecule has 0 saturated carbocycles. The molecule has 1 heterocycles. The molecule has 152 valence electrons. The minimum absolute atomic E-state index is 0.0462. The Morgan fingerprint density at radius 1 is 1.21 bits per heavy atom. The fourth-order valence-electron chi connectivity index (χ4n) is 3.02. The fraction of sp³-hybridized carbons (Fsp3) is 0.238. The molecule has 0 bridgehead atoms. The first-order chi connectivity index (χ1) is 13.6. The summed E-state index contributed by atoms with van der Waals surface area (Å²) in [5.74, 6) is -1.18. The molecule has 1 aliphatic heterocycles. The molecule has 3 rings (SSSR count). The number of amides is 1. The number of carboxylic acid groups (broad SMARTS) is 1. The molecule has 2 aromatic rings. The number of hydrogen-bond donors (Lipinski definition) is 2. The van der Waals surface area contributed by atoms with Crippen LogP contribution in [0.1, 0.15) is 35.3 Å². The minimum atomic E-state index is -1.18. The molecule has 5 nitrogen and oxygen atoms in total. The summed E-state index contributed by atoms with van der Waals surface area (Å²) in [5, 5.41) is 12.5. The lowest BCUT2D eigenvalue weighted by Crippen LogP contribution is -2.42. The predicted octanol–water partition coefficient (Wildman–Crippen LogP) is 5.37. The van der Waals surface area contributed by atoms with Gasteiger partial charge in [0.25, 0.3) is 5.91 Å². The Bertz CT molecular complexity index is 1000. The van der Waals surface area contributed by atoms with E-state index in [0.717, 1.165) is 15.6 Å². The Balaban J connectivity index is 1.90. The molecule has 1 aliphatic rings. The molecule has 2 N–H and O–H groups in total. The number of ether oxygens (including phenoxy) is 1. The van der Waals surface area contributed by atoms with E-state index in [4.69, 9.17) is 27.9 Å². The first-order valence-corrected chi connectivity index (χ1v) is 10.3. The van der Waals surface area contributed by atoms with E-state index in [1.54, 1.807) is 18.2 Å². The summed E-state index contributed by atoms with van der Waals surface area (Å²) in [4.78, 5) is 24.5. The standard InChI is InChI=1S/C21H18BrCl2NO4/c1-21(2)9-8-12-11(6-7-13(22)18(12)29-21)10-16(20(27)28)25-19(26)17-14(23)4-3-5-15(17)24/h3-9,16H,10H2,1-2H3,(H,25,26)(H,27,28)/t16-/m0/s1. The van der Waals surface area contributed by atoms with Crippen LogP contribution in [0, 0.1) is 0 Å². The van der Waals surface area contributed by atoms with Crippen molar-refractivity contribution in [1.82, 2.24) is 5.32 Å². The zero-order valence-corrected chi connectivity index (χ0v) is 18.7. The molecule has 1 amide bonds. The number of nitrogens with one attached hydrogen (secondary N) is 1. The molecule has 0 radical (unpaired) electrons. The highest BCUT2D eigenvalue weighted by Crippen LogP contribution is 2.39. The van der Waals surface area contributed by atoms with Gasteiger partial charge in [-0.3, -0.25) is 4.79 Å². The van der Waals surface area contributed by atoms with Crippen LogP contribution in [0.4, 0.5) is 0 Å². The summed E-state index contributed by atoms with van der Waals surface area (Å²) < 4.78 is 6.78. The molecule has 2 aromatic carbocycles. The number of carbonyl (C=O) groups is 2. The maximum atomic E-state index is 12.6. The van der Waals surface area contributed by atoms with E-state index in [-0.39, 0.29) is 22.0 Å². The third-order valence-corrected chi connectivity index (χ3v) is 5.73. The van der Waals surface area contributed by atoms with Gasteiger partial charge in [-0.1, -0.05) is 41.4 Å². The van der Waals surface area contributed by atoms with Gasteiger partial charge in [-0.2, -0.15) is 0 Å². The number of hydrogen-bond acceptors (Lipinski definition) is 3. The van der Waals surface area contributed by atoms with E-state index in [1.165, 1.54) is 12.1 Å². The van der Waals surface area contributed by atoms with Crippen molar-refractivity contribution in [2.45, 2.75) is 31.9 Å². The van der Waals surface area contributed by atoms with Crippen LogP contribution >= 0.6 is 39.1 Å². The van der Waals surface area contributed by atoms with Gasteiger partial charge < -0.3 is 15.2 Å². The second-order valence-corrected chi connectivity index (χ2v) is 8.82. The van der Waals surface area contributed by atoms with Gasteiger partial charge in [-0.25, -0.2) is 4.79 Å². The SMILES string of the molecule is CC1(C)C=Cc2c(C[C@H](NC(=O)c3c(Cl)cccc3Cl)C(=O)O)ccc(Br)c2O1. The van der Waals surface area contributed by atoms with Gasteiger partial charge in [-0.05, 0) is 59.6 Å². The van der Waals surface area contributed by atoms with E-state index < -0.39 is 23.5 Å². The van der Waals surface area contributed by atoms with E-state index >= 15 is 0 Å². The van der Waals surface area contributed by atoms with Crippen molar-refractivity contribution in [3.05, 3.63) is 67.6 Å². The first kappa shape index (κ1) is 21.7. The molecule has 0 spiro atoms. The summed E-state index contributed by atoms with van der Waals surface area (Å²) in [5.41, 5.74) is 1.07. The van der Waals surface area contributed by atoms with E-state index in [1.807, 2.05) is 26.0 Å². The van der Waals surface area contributed by atoms with Crippen molar-refractivity contribution in [2.24, 2.45) is 0 Å². The normalized spacial score (nSPS) is 15.2. The third kappa shape index (κ3) is 4.77. The number of carboxylic acids is 1. The summed E-state index contributed by atoms with van der Waals surface area (Å²) >= 11 is 15.6. The van der Waals surface area contributed by atoms with Crippen molar-refractivity contribution in [2.75, 3.05) is 0 Å². The van der Waals surface area contributed by atoms with Crippen molar-refractivity contribution in [1.29, 1.82) is 0 Å². The zero-order valence-electron chi connectivity index (χ0n) is 15.6. The highest BCUT2D eigenvalue weighted by Gasteiger charge is 2.28. The average Bonchev–Trinajstić information content (AvgIpc) is 2.62. The van der Waals surface area contributed by atoms with Crippen LogP contribution in [0.5, 0.6) is 5.75 Å². The van der Waals surface area contributed by atoms with Gasteiger partial charge in [0.05, 0.1) is 20.1 Å². The molecule has 0 aliphatic carbocycles. The Kier molecular flexibility index (Phi) is 6.27. The second kappa shape index (κ2) is 8.38. The summed E-state index contributed by atoms with van der Waals surface area (Å²) in [7, 11) is 0. The number of rotatable bonds is 5. The highest BCUT2D eigenvalue weighted by atomic mass is 79.9.